The Hall–Kier alpha value is -2.20. The average molecular weight is 540 g/mol. The molecule has 176 valence electrons. The minimum atomic E-state index is -4.44. The zero-order chi connectivity index (χ0) is 24.0. The third-order valence-corrected chi connectivity index (χ3v) is 5.66. The number of methoxy groups -OCH3 is 1. The fraction of sp³-hybridized carbons (Fsp3) is 0.238. The van der Waals surface area contributed by atoms with Gasteiger partial charge < -0.3 is 14.2 Å². The monoisotopic (exact) mass is 538 g/mol. The van der Waals surface area contributed by atoms with Gasteiger partial charge >= 0.3 is 6.18 Å². The molecular weight excluding hydrogens is 524 g/mol. The third kappa shape index (κ3) is 7.14. The minimum Gasteiger partial charge on any atom is -0.494 e. The molecule has 2 aromatic heterocycles. The second-order valence-electron chi connectivity index (χ2n) is 6.40. The lowest BCUT2D eigenvalue weighted by molar-refractivity contribution is -0.137. The summed E-state index contributed by atoms with van der Waals surface area (Å²) in [5.41, 5.74) is 0.423. The summed E-state index contributed by atoms with van der Waals surface area (Å²) in [6.07, 6.45) is -1.78. The molecule has 0 aliphatic heterocycles. The molecule has 5 nitrogen and oxygen atoms in total. The molecule has 0 amide bonds. The first-order valence-corrected chi connectivity index (χ1v) is 11.3. The van der Waals surface area contributed by atoms with E-state index in [1.807, 2.05) is 5.38 Å². The molecule has 0 unspecified atom stereocenters. The summed E-state index contributed by atoms with van der Waals surface area (Å²) in [4.78, 5) is 8.26. The largest absolute Gasteiger partial charge is 0.494 e. The van der Waals surface area contributed by atoms with Crippen LogP contribution in [0.3, 0.4) is 0 Å². The molecule has 0 aliphatic rings. The average Bonchev–Trinajstić information content (AvgIpc) is 3.21. The van der Waals surface area contributed by atoms with E-state index in [1.165, 1.54) is 30.6 Å². The zero-order valence-electron chi connectivity index (χ0n) is 17.0. The maximum absolute atomic E-state index is 12.6. The highest BCUT2D eigenvalue weighted by molar-refractivity contribution is 7.09. The summed E-state index contributed by atoms with van der Waals surface area (Å²) in [6.45, 7) is 0.347. The second kappa shape index (κ2) is 11.3. The van der Waals surface area contributed by atoms with E-state index >= 15 is 0 Å². The Labute approximate surface area is 206 Å². The molecule has 0 atom stereocenters. The van der Waals surface area contributed by atoms with Crippen molar-refractivity contribution in [3.8, 4) is 28.6 Å². The molecule has 0 bridgehead atoms. The third-order valence-electron chi connectivity index (χ3n) is 4.17. The first kappa shape index (κ1) is 25.4. The van der Waals surface area contributed by atoms with Gasteiger partial charge in [0.15, 0.2) is 0 Å². The van der Waals surface area contributed by atoms with E-state index in [4.69, 9.17) is 49.0 Å². The molecule has 0 fully saturated rings. The van der Waals surface area contributed by atoms with E-state index in [1.54, 1.807) is 12.1 Å². The Morgan fingerprint density at radius 2 is 1.97 bits per heavy atom. The van der Waals surface area contributed by atoms with E-state index in [9.17, 15) is 13.2 Å². The molecule has 0 spiro atoms. The van der Waals surface area contributed by atoms with Gasteiger partial charge in [0.2, 0.25) is 5.88 Å². The van der Waals surface area contributed by atoms with Crippen molar-refractivity contribution in [2.24, 2.45) is 0 Å². The summed E-state index contributed by atoms with van der Waals surface area (Å²) in [5.74, 6) is 1.02. The van der Waals surface area contributed by atoms with Crippen LogP contribution in [0.1, 0.15) is 10.6 Å². The van der Waals surface area contributed by atoms with Crippen LogP contribution in [0.25, 0.3) is 11.3 Å². The quantitative estimate of drug-likeness (QED) is 0.288. The van der Waals surface area contributed by atoms with E-state index in [2.05, 4.69) is 9.97 Å². The van der Waals surface area contributed by atoms with Crippen molar-refractivity contribution in [3.05, 3.63) is 62.0 Å². The van der Waals surface area contributed by atoms with Crippen molar-refractivity contribution in [1.82, 2.24) is 9.97 Å². The van der Waals surface area contributed by atoms with Crippen molar-refractivity contribution >= 4 is 46.1 Å². The predicted molar refractivity (Wildman–Crippen MR) is 123 cm³/mol. The lowest BCUT2D eigenvalue weighted by atomic mass is 10.1. The van der Waals surface area contributed by atoms with Crippen LogP contribution < -0.4 is 14.2 Å². The Balaban J connectivity index is 1.67. The van der Waals surface area contributed by atoms with E-state index in [-0.39, 0.29) is 23.6 Å². The van der Waals surface area contributed by atoms with Gasteiger partial charge in [0.05, 0.1) is 35.0 Å². The normalized spacial score (nSPS) is 11.2. The number of hydrogen-bond donors (Lipinski definition) is 0. The molecule has 0 saturated heterocycles. The van der Waals surface area contributed by atoms with Gasteiger partial charge in [-0.25, -0.2) is 9.97 Å². The fourth-order valence-electron chi connectivity index (χ4n) is 2.68. The summed E-state index contributed by atoms with van der Waals surface area (Å²) >= 11 is 18.9. The van der Waals surface area contributed by atoms with E-state index in [0.717, 1.165) is 17.3 Å². The van der Waals surface area contributed by atoms with E-state index in [0.29, 0.717) is 34.2 Å². The van der Waals surface area contributed by atoms with Crippen LogP contribution in [0.15, 0.2) is 46.4 Å². The standard InChI is InChI=1S/C21H16Cl3F3N2O3S/c1-30-20-14(8-13(9-15(20)22)31-6-4-17(23)24)16-11-33-19(29-16)5-7-32-18-3-2-12(10-28-18)21(25,26)27/h2-4,8-11H,5-7H2,1H3. The molecule has 0 aliphatic carbocycles. The summed E-state index contributed by atoms with van der Waals surface area (Å²) in [5, 5.41) is 2.93. The van der Waals surface area contributed by atoms with Crippen LogP contribution in [0.4, 0.5) is 13.2 Å². The maximum Gasteiger partial charge on any atom is 0.417 e. The van der Waals surface area contributed by atoms with Gasteiger partial charge in [-0.05, 0) is 18.2 Å². The van der Waals surface area contributed by atoms with Crippen molar-refractivity contribution in [2.45, 2.75) is 12.6 Å². The first-order valence-electron chi connectivity index (χ1n) is 9.29. The number of nitrogens with zero attached hydrogens (tertiary/aromatic N) is 2. The van der Waals surface area contributed by atoms with Gasteiger partial charge in [0.25, 0.3) is 0 Å². The number of benzene rings is 1. The zero-order valence-corrected chi connectivity index (χ0v) is 20.0. The number of pyridine rings is 1. The molecule has 0 N–H and O–H groups in total. The summed E-state index contributed by atoms with van der Waals surface area (Å²) in [7, 11) is 1.50. The summed E-state index contributed by atoms with van der Waals surface area (Å²) < 4.78 is 54.4. The van der Waals surface area contributed by atoms with Gasteiger partial charge in [-0.2, -0.15) is 13.2 Å². The predicted octanol–water partition coefficient (Wildman–Crippen LogP) is 7.21. The number of aromatic nitrogens is 2. The number of rotatable bonds is 9. The Morgan fingerprint density at radius 1 is 1.18 bits per heavy atom. The second-order valence-corrected chi connectivity index (χ2v) is 8.76. The van der Waals surface area contributed by atoms with Crippen LogP contribution in [-0.4, -0.2) is 30.3 Å². The maximum atomic E-state index is 12.6. The van der Waals surface area contributed by atoms with Crippen LogP contribution in [0.2, 0.25) is 5.02 Å². The van der Waals surface area contributed by atoms with Crippen molar-refractivity contribution < 1.29 is 27.4 Å². The topological polar surface area (TPSA) is 53.5 Å². The molecule has 0 saturated carbocycles. The smallest absolute Gasteiger partial charge is 0.417 e. The highest BCUT2D eigenvalue weighted by Gasteiger charge is 2.30. The number of thiazole rings is 1. The first-order chi connectivity index (χ1) is 15.7. The molecule has 3 rings (SSSR count). The van der Waals surface area contributed by atoms with Gasteiger partial charge in [0, 0.05) is 35.7 Å². The number of alkyl halides is 3. The molecule has 1 aromatic carbocycles. The Morgan fingerprint density at radius 3 is 2.61 bits per heavy atom. The van der Waals surface area contributed by atoms with Crippen molar-refractivity contribution in [3.63, 3.8) is 0 Å². The van der Waals surface area contributed by atoms with Crippen molar-refractivity contribution in [1.29, 1.82) is 0 Å². The van der Waals surface area contributed by atoms with Crippen LogP contribution in [0, 0.1) is 0 Å². The molecule has 3 aromatic rings. The van der Waals surface area contributed by atoms with Crippen LogP contribution >= 0.6 is 46.1 Å². The molecular formula is C21H16Cl3F3N2O3S. The van der Waals surface area contributed by atoms with Crippen molar-refractivity contribution in [2.75, 3.05) is 20.3 Å². The molecule has 33 heavy (non-hydrogen) atoms. The lowest BCUT2D eigenvalue weighted by Crippen LogP contribution is -2.07. The summed E-state index contributed by atoms with van der Waals surface area (Å²) in [6, 6.07) is 5.45. The number of ether oxygens (including phenoxy) is 3. The molecule has 12 heteroatoms. The van der Waals surface area contributed by atoms with Gasteiger partial charge in [-0.1, -0.05) is 34.8 Å². The van der Waals surface area contributed by atoms with Gasteiger partial charge in [-0.15, -0.1) is 11.3 Å². The van der Waals surface area contributed by atoms with E-state index < -0.39 is 11.7 Å². The Bertz CT molecular complexity index is 1120. The van der Waals surface area contributed by atoms with Crippen LogP contribution in [-0.2, 0) is 12.6 Å². The van der Waals surface area contributed by atoms with Gasteiger partial charge in [0.1, 0.15) is 22.6 Å². The highest BCUT2D eigenvalue weighted by atomic mass is 35.5. The molecule has 0 radical (unpaired) electrons. The van der Waals surface area contributed by atoms with Gasteiger partial charge in [-0.3, -0.25) is 0 Å². The minimum absolute atomic E-state index is 0.0905. The SMILES string of the molecule is COc1c(Cl)cc(OCC=C(Cl)Cl)cc1-c1csc(CCOc2ccc(C(F)(F)F)cn2)n1. The highest BCUT2D eigenvalue weighted by Crippen LogP contribution is 2.40. The Kier molecular flexibility index (Phi) is 8.69. The van der Waals surface area contributed by atoms with Crippen LogP contribution in [0.5, 0.6) is 17.4 Å². The molecule has 2 heterocycles. The number of hydrogen-bond acceptors (Lipinski definition) is 6. The number of halogens is 6. The lowest BCUT2D eigenvalue weighted by Gasteiger charge is -2.12. The fourth-order valence-corrected chi connectivity index (χ4v) is 3.87.